The van der Waals surface area contributed by atoms with Crippen LogP contribution in [-0.2, 0) is 0 Å². The van der Waals surface area contributed by atoms with Crippen LogP contribution in [0.4, 0.5) is 11.4 Å². The Bertz CT molecular complexity index is 703. The van der Waals surface area contributed by atoms with Crippen molar-refractivity contribution in [3.8, 4) is 5.75 Å². The lowest BCUT2D eigenvalue weighted by molar-refractivity contribution is -0.384. The molecule has 2 aromatic rings. The van der Waals surface area contributed by atoms with Crippen LogP contribution in [0, 0.1) is 10.1 Å². The van der Waals surface area contributed by atoms with Crippen LogP contribution in [0.1, 0.15) is 10.4 Å². The molecule has 7 heteroatoms. The Balaban J connectivity index is 1.88. The largest absolute Gasteiger partial charge is 0.496 e. The topological polar surface area (TPSA) is 93.5 Å². The molecule has 0 heterocycles. The van der Waals surface area contributed by atoms with Gasteiger partial charge in [0.25, 0.3) is 11.6 Å². The van der Waals surface area contributed by atoms with Crippen LogP contribution in [0.3, 0.4) is 0 Å². The zero-order valence-electron chi connectivity index (χ0n) is 12.6. The maximum Gasteiger partial charge on any atom is 0.292 e. The standard InChI is InChI=1S/C16H17N3O4/c1-23-15-9-5-2-6-12(15)16(20)18-11-10-17-13-7-3-4-8-14(13)19(21)22/h2-9,17H,10-11H2,1H3,(H,18,20). The van der Waals surface area contributed by atoms with E-state index < -0.39 is 4.92 Å². The normalized spacial score (nSPS) is 9.96. The molecule has 0 bridgehead atoms. The zero-order valence-corrected chi connectivity index (χ0v) is 12.6. The van der Waals surface area contributed by atoms with Gasteiger partial charge in [0.15, 0.2) is 0 Å². The third-order valence-electron chi connectivity index (χ3n) is 3.18. The van der Waals surface area contributed by atoms with Gasteiger partial charge in [-0.2, -0.15) is 0 Å². The molecule has 0 aromatic heterocycles. The summed E-state index contributed by atoms with van der Waals surface area (Å²) >= 11 is 0. The molecule has 1 amide bonds. The summed E-state index contributed by atoms with van der Waals surface area (Å²) in [6.45, 7) is 0.689. The summed E-state index contributed by atoms with van der Waals surface area (Å²) in [5.41, 5.74) is 0.869. The van der Waals surface area contributed by atoms with Gasteiger partial charge in [0.1, 0.15) is 11.4 Å². The molecule has 0 aliphatic carbocycles. The number of carbonyl (C=O) groups excluding carboxylic acids is 1. The van der Waals surface area contributed by atoms with E-state index in [-0.39, 0.29) is 11.6 Å². The Morgan fingerprint density at radius 1 is 1.13 bits per heavy atom. The predicted octanol–water partition coefficient (Wildman–Crippen LogP) is 2.45. The molecule has 0 saturated heterocycles. The highest BCUT2D eigenvalue weighted by atomic mass is 16.6. The van der Waals surface area contributed by atoms with E-state index in [0.29, 0.717) is 30.1 Å². The number of hydrogen-bond acceptors (Lipinski definition) is 5. The second-order valence-corrected chi connectivity index (χ2v) is 4.66. The van der Waals surface area contributed by atoms with Crippen molar-refractivity contribution in [1.82, 2.24) is 5.32 Å². The van der Waals surface area contributed by atoms with Crippen LogP contribution < -0.4 is 15.4 Å². The highest BCUT2D eigenvalue weighted by molar-refractivity contribution is 5.96. The molecule has 120 valence electrons. The minimum atomic E-state index is -0.449. The molecule has 0 saturated carbocycles. The smallest absolute Gasteiger partial charge is 0.292 e. The van der Waals surface area contributed by atoms with E-state index in [0.717, 1.165) is 0 Å². The van der Waals surface area contributed by atoms with Crippen molar-refractivity contribution >= 4 is 17.3 Å². The summed E-state index contributed by atoms with van der Waals surface area (Å²) in [4.78, 5) is 22.5. The number of nitrogens with zero attached hydrogens (tertiary/aromatic N) is 1. The van der Waals surface area contributed by atoms with E-state index in [1.54, 1.807) is 42.5 Å². The van der Waals surface area contributed by atoms with Crippen molar-refractivity contribution in [3.05, 3.63) is 64.2 Å². The second kappa shape index (κ2) is 7.79. The first-order chi connectivity index (χ1) is 11.1. The van der Waals surface area contributed by atoms with E-state index in [1.165, 1.54) is 13.2 Å². The first-order valence-corrected chi connectivity index (χ1v) is 7.02. The van der Waals surface area contributed by atoms with E-state index >= 15 is 0 Å². The fourth-order valence-corrected chi connectivity index (χ4v) is 2.08. The second-order valence-electron chi connectivity index (χ2n) is 4.66. The number of nitro benzene ring substituents is 1. The molecular formula is C16H17N3O4. The fourth-order valence-electron chi connectivity index (χ4n) is 2.08. The monoisotopic (exact) mass is 315 g/mol. The number of methoxy groups -OCH3 is 1. The number of amides is 1. The quantitative estimate of drug-likeness (QED) is 0.465. The van der Waals surface area contributed by atoms with Crippen molar-refractivity contribution in [2.45, 2.75) is 0 Å². The van der Waals surface area contributed by atoms with E-state index in [1.807, 2.05) is 0 Å². The van der Waals surface area contributed by atoms with Gasteiger partial charge in [0, 0.05) is 19.2 Å². The summed E-state index contributed by atoms with van der Waals surface area (Å²) in [5, 5.41) is 16.6. The SMILES string of the molecule is COc1ccccc1C(=O)NCCNc1ccccc1[N+](=O)[O-]. The van der Waals surface area contributed by atoms with Gasteiger partial charge in [-0.15, -0.1) is 0 Å². The average molecular weight is 315 g/mol. The lowest BCUT2D eigenvalue weighted by Gasteiger charge is -2.10. The van der Waals surface area contributed by atoms with Crippen molar-refractivity contribution in [3.63, 3.8) is 0 Å². The van der Waals surface area contributed by atoms with Crippen molar-refractivity contribution in [1.29, 1.82) is 0 Å². The summed E-state index contributed by atoms with van der Waals surface area (Å²) < 4.78 is 5.13. The number of benzene rings is 2. The van der Waals surface area contributed by atoms with Crippen LogP contribution >= 0.6 is 0 Å². The Kier molecular flexibility index (Phi) is 5.51. The van der Waals surface area contributed by atoms with Gasteiger partial charge in [0.05, 0.1) is 17.6 Å². The number of nitrogens with one attached hydrogen (secondary N) is 2. The van der Waals surface area contributed by atoms with Gasteiger partial charge in [-0.05, 0) is 18.2 Å². The Labute approximate surface area is 133 Å². The lowest BCUT2D eigenvalue weighted by atomic mass is 10.2. The molecular weight excluding hydrogens is 298 g/mol. The van der Waals surface area contributed by atoms with Crippen LogP contribution in [0.15, 0.2) is 48.5 Å². The molecule has 23 heavy (non-hydrogen) atoms. The summed E-state index contributed by atoms with van der Waals surface area (Å²) in [6, 6.07) is 13.3. The maximum atomic E-state index is 12.1. The van der Waals surface area contributed by atoms with Gasteiger partial charge in [-0.1, -0.05) is 24.3 Å². The van der Waals surface area contributed by atoms with Crippen LogP contribution in [-0.4, -0.2) is 31.0 Å². The molecule has 0 aliphatic rings. The molecule has 2 rings (SSSR count). The van der Waals surface area contributed by atoms with Crippen LogP contribution in [0.2, 0.25) is 0 Å². The predicted molar refractivity (Wildman–Crippen MR) is 86.9 cm³/mol. The number of carbonyl (C=O) groups is 1. The first kappa shape index (κ1) is 16.3. The van der Waals surface area contributed by atoms with Crippen LogP contribution in [0.25, 0.3) is 0 Å². The molecule has 0 unspecified atom stereocenters. The number of nitro groups is 1. The number of anilines is 1. The summed E-state index contributed by atoms with van der Waals surface area (Å²) in [7, 11) is 1.50. The highest BCUT2D eigenvalue weighted by Crippen LogP contribution is 2.22. The molecule has 0 aliphatic heterocycles. The van der Waals surface area contributed by atoms with E-state index in [9.17, 15) is 14.9 Å². The first-order valence-electron chi connectivity index (χ1n) is 7.02. The third kappa shape index (κ3) is 4.19. The van der Waals surface area contributed by atoms with Crippen molar-refractivity contribution < 1.29 is 14.5 Å². The summed E-state index contributed by atoms with van der Waals surface area (Å²) in [5.74, 6) is 0.239. The number of ether oxygens (including phenoxy) is 1. The van der Waals surface area contributed by atoms with Gasteiger partial charge >= 0.3 is 0 Å². The molecule has 2 aromatic carbocycles. The van der Waals surface area contributed by atoms with Gasteiger partial charge in [-0.25, -0.2) is 0 Å². The van der Waals surface area contributed by atoms with Gasteiger partial charge in [0.2, 0.25) is 0 Å². The Hall–Kier alpha value is -3.09. The molecule has 0 radical (unpaired) electrons. The van der Waals surface area contributed by atoms with E-state index in [2.05, 4.69) is 10.6 Å². The Morgan fingerprint density at radius 2 is 1.83 bits per heavy atom. The molecule has 0 fully saturated rings. The molecule has 2 N–H and O–H groups in total. The van der Waals surface area contributed by atoms with E-state index in [4.69, 9.17) is 4.74 Å². The minimum absolute atomic E-state index is 0.00329. The number of rotatable bonds is 7. The Morgan fingerprint density at radius 3 is 2.57 bits per heavy atom. The fraction of sp³-hybridized carbons (Fsp3) is 0.188. The molecule has 0 spiro atoms. The number of hydrogen-bond donors (Lipinski definition) is 2. The molecule has 0 atom stereocenters. The van der Waals surface area contributed by atoms with Gasteiger partial charge < -0.3 is 15.4 Å². The van der Waals surface area contributed by atoms with Crippen LogP contribution in [0.5, 0.6) is 5.75 Å². The van der Waals surface area contributed by atoms with Gasteiger partial charge in [-0.3, -0.25) is 14.9 Å². The maximum absolute atomic E-state index is 12.1. The third-order valence-corrected chi connectivity index (χ3v) is 3.18. The minimum Gasteiger partial charge on any atom is -0.496 e. The highest BCUT2D eigenvalue weighted by Gasteiger charge is 2.12. The molecule has 7 nitrogen and oxygen atoms in total. The zero-order chi connectivity index (χ0) is 16.7. The average Bonchev–Trinajstić information content (AvgIpc) is 2.58. The number of para-hydroxylation sites is 3. The van der Waals surface area contributed by atoms with Crippen molar-refractivity contribution in [2.75, 3.05) is 25.5 Å². The lowest BCUT2D eigenvalue weighted by Crippen LogP contribution is -2.29. The summed E-state index contributed by atoms with van der Waals surface area (Å²) in [6.07, 6.45) is 0. The van der Waals surface area contributed by atoms with Crippen molar-refractivity contribution in [2.24, 2.45) is 0 Å².